The maximum atomic E-state index is 6.19. The molecule has 1 nitrogen and oxygen atoms in total. The highest BCUT2D eigenvalue weighted by atomic mass is 35.5. The summed E-state index contributed by atoms with van der Waals surface area (Å²) in [6, 6.07) is 19.0. The Morgan fingerprint density at radius 3 is 2.35 bits per heavy atom. The van der Waals surface area contributed by atoms with Gasteiger partial charge in [0.2, 0.25) is 0 Å². The summed E-state index contributed by atoms with van der Waals surface area (Å²) in [4.78, 5) is 0. The summed E-state index contributed by atoms with van der Waals surface area (Å²) in [7, 11) is 0. The molecule has 23 heavy (non-hydrogen) atoms. The molecule has 3 heteroatoms. The Bertz CT molecular complexity index is 842. The zero-order valence-corrected chi connectivity index (χ0v) is 14.7. The van der Waals surface area contributed by atoms with Gasteiger partial charge in [0.05, 0.1) is 10.0 Å². The van der Waals surface area contributed by atoms with Crippen LogP contribution in [0, 0.1) is 0 Å². The zero-order valence-electron chi connectivity index (χ0n) is 13.2. The van der Waals surface area contributed by atoms with Crippen molar-refractivity contribution in [1.29, 1.82) is 0 Å². The number of fused-ring (bicyclic) bond motifs is 1. The maximum absolute atomic E-state index is 6.19. The van der Waals surface area contributed by atoms with Gasteiger partial charge in [0.15, 0.2) is 0 Å². The lowest BCUT2D eigenvalue weighted by atomic mass is 9.97. The van der Waals surface area contributed by atoms with Gasteiger partial charge in [-0.2, -0.15) is 0 Å². The summed E-state index contributed by atoms with van der Waals surface area (Å²) < 4.78 is 0. The van der Waals surface area contributed by atoms with Crippen LogP contribution in [0.1, 0.15) is 20.3 Å². The first-order valence-corrected chi connectivity index (χ1v) is 8.59. The number of halogens is 2. The molecule has 0 heterocycles. The number of nitrogens with one attached hydrogen (secondary N) is 1. The van der Waals surface area contributed by atoms with Crippen LogP contribution < -0.4 is 5.32 Å². The molecule has 0 radical (unpaired) electrons. The first-order valence-electron chi connectivity index (χ1n) is 7.84. The van der Waals surface area contributed by atoms with Crippen molar-refractivity contribution >= 4 is 39.7 Å². The second kappa shape index (κ2) is 6.82. The normalized spacial score (nSPS) is 12.3. The van der Waals surface area contributed by atoms with Gasteiger partial charge in [0.1, 0.15) is 0 Å². The van der Waals surface area contributed by atoms with Crippen LogP contribution in [0.4, 0.5) is 5.69 Å². The lowest BCUT2D eigenvalue weighted by molar-refractivity contribution is 0.765. The Morgan fingerprint density at radius 2 is 1.65 bits per heavy atom. The number of hydrogen-bond donors (Lipinski definition) is 1. The van der Waals surface area contributed by atoms with Crippen LogP contribution in [0.3, 0.4) is 0 Å². The molecule has 3 aromatic rings. The van der Waals surface area contributed by atoms with Crippen LogP contribution in [0.25, 0.3) is 21.9 Å². The second-order valence-electron chi connectivity index (χ2n) is 5.79. The Morgan fingerprint density at radius 1 is 0.913 bits per heavy atom. The van der Waals surface area contributed by atoms with Crippen LogP contribution >= 0.6 is 23.2 Å². The van der Waals surface area contributed by atoms with Crippen molar-refractivity contribution in [3.63, 3.8) is 0 Å². The first kappa shape index (κ1) is 16.2. The van der Waals surface area contributed by atoms with Crippen LogP contribution in [0.15, 0.2) is 54.6 Å². The highest BCUT2D eigenvalue weighted by molar-refractivity contribution is 6.42. The van der Waals surface area contributed by atoms with E-state index in [1.165, 1.54) is 16.5 Å². The van der Waals surface area contributed by atoms with Gasteiger partial charge in [-0.3, -0.25) is 0 Å². The molecule has 1 atom stereocenters. The number of benzene rings is 3. The molecule has 0 amide bonds. The number of rotatable bonds is 4. The molecule has 3 rings (SSSR count). The molecule has 0 saturated carbocycles. The van der Waals surface area contributed by atoms with E-state index in [1.54, 1.807) is 0 Å². The van der Waals surface area contributed by atoms with Crippen molar-refractivity contribution in [1.82, 2.24) is 0 Å². The van der Waals surface area contributed by atoms with Gasteiger partial charge in [-0.05, 0) is 48.1 Å². The minimum Gasteiger partial charge on any atom is -0.382 e. The Kier molecular flexibility index (Phi) is 4.79. The van der Waals surface area contributed by atoms with E-state index in [1.807, 2.05) is 18.2 Å². The summed E-state index contributed by atoms with van der Waals surface area (Å²) in [6.45, 7) is 4.38. The molecule has 0 saturated heterocycles. The average Bonchev–Trinajstić information content (AvgIpc) is 2.57. The van der Waals surface area contributed by atoms with Crippen LogP contribution in [0.5, 0.6) is 0 Å². The van der Waals surface area contributed by atoms with E-state index in [-0.39, 0.29) is 0 Å². The number of anilines is 1. The van der Waals surface area contributed by atoms with Gasteiger partial charge < -0.3 is 5.32 Å². The predicted octanol–water partition coefficient (Wildman–Crippen LogP) is 7.02. The molecule has 0 bridgehead atoms. The average molecular weight is 344 g/mol. The molecule has 1 unspecified atom stereocenters. The molecule has 0 aliphatic heterocycles. The van der Waals surface area contributed by atoms with Crippen molar-refractivity contribution in [3.05, 3.63) is 64.6 Å². The Hall–Kier alpha value is -1.70. The van der Waals surface area contributed by atoms with E-state index in [0.29, 0.717) is 16.1 Å². The quantitative estimate of drug-likeness (QED) is 0.536. The fraction of sp³-hybridized carbons (Fsp3) is 0.200. The monoisotopic (exact) mass is 343 g/mol. The summed E-state index contributed by atoms with van der Waals surface area (Å²) in [6.07, 6.45) is 1.09. The van der Waals surface area contributed by atoms with Gasteiger partial charge in [0, 0.05) is 17.1 Å². The molecular formula is C20H19Cl2N. The van der Waals surface area contributed by atoms with Gasteiger partial charge in [-0.15, -0.1) is 0 Å². The van der Waals surface area contributed by atoms with E-state index < -0.39 is 0 Å². The summed E-state index contributed by atoms with van der Waals surface area (Å²) >= 11 is 12.2. The fourth-order valence-corrected chi connectivity index (χ4v) is 3.01. The van der Waals surface area contributed by atoms with Gasteiger partial charge >= 0.3 is 0 Å². The molecular weight excluding hydrogens is 325 g/mol. The Balaban J connectivity index is 2.16. The van der Waals surface area contributed by atoms with Crippen molar-refractivity contribution in [3.8, 4) is 11.1 Å². The van der Waals surface area contributed by atoms with Crippen LogP contribution in [-0.4, -0.2) is 6.04 Å². The maximum Gasteiger partial charge on any atom is 0.0598 e. The molecule has 0 fully saturated rings. The van der Waals surface area contributed by atoms with E-state index in [2.05, 4.69) is 55.6 Å². The zero-order chi connectivity index (χ0) is 16.4. The highest BCUT2D eigenvalue weighted by Crippen LogP contribution is 2.36. The fourth-order valence-electron chi connectivity index (χ4n) is 2.71. The lowest BCUT2D eigenvalue weighted by Crippen LogP contribution is -2.13. The minimum atomic E-state index is 0.439. The summed E-state index contributed by atoms with van der Waals surface area (Å²) in [5, 5.41) is 7.17. The van der Waals surface area contributed by atoms with E-state index in [9.17, 15) is 0 Å². The van der Waals surface area contributed by atoms with Crippen molar-refractivity contribution in [2.45, 2.75) is 26.3 Å². The van der Waals surface area contributed by atoms with E-state index in [0.717, 1.165) is 17.5 Å². The molecule has 0 spiro atoms. The minimum absolute atomic E-state index is 0.439. The van der Waals surface area contributed by atoms with Gasteiger partial charge in [-0.1, -0.05) is 66.5 Å². The van der Waals surface area contributed by atoms with E-state index in [4.69, 9.17) is 23.2 Å². The second-order valence-corrected chi connectivity index (χ2v) is 6.60. The third kappa shape index (κ3) is 3.31. The lowest BCUT2D eigenvalue weighted by Gasteiger charge is -2.17. The third-order valence-electron chi connectivity index (χ3n) is 4.17. The highest BCUT2D eigenvalue weighted by Gasteiger charge is 2.10. The van der Waals surface area contributed by atoms with Crippen LogP contribution in [-0.2, 0) is 0 Å². The van der Waals surface area contributed by atoms with E-state index >= 15 is 0 Å². The molecule has 0 aliphatic carbocycles. The number of hydrogen-bond acceptors (Lipinski definition) is 1. The van der Waals surface area contributed by atoms with Crippen molar-refractivity contribution in [2.24, 2.45) is 0 Å². The third-order valence-corrected chi connectivity index (χ3v) is 4.91. The largest absolute Gasteiger partial charge is 0.382 e. The Labute approximate surface area is 147 Å². The first-order chi connectivity index (χ1) is 11.1. The molecule has 0 aliphatic rings. The molecule has 118 valence electrons. The van der Waals surface area contributed by atoms with Crippen molar-refractivity contribution < 1.29 is 0 Å². The summed E-state index contributed by atoms with van der Waals surface area (Å²) in [5.74, 6) is 0. The molecule has 3 aromatic carbocycles. The summed E-state index contributed by atoms with van der Waals surface area (Å²) in [5.41, 5.74) is 3.40. The molecule has 0 aromatic heterocycles. The topological polar surface area (TPSA) is 12.0 Å². The SMILES string of the molecule is CCC(C)Nc1ccc(-c2ccc(Cl)c(Cl)c2)c2ccccc12. The predicted molar refractivity (Wildman–Crippen MR) is 103 cm³/mol. The standard InChI is InChI=1S/C20H19Cl2N/c1-3-13(2)23-20-11-9-15(16-6-4-5-7-17(16)20)14-8-10-18(21)19(22)12-14/h4-13,23H,3H2,1-2H3. The van der Waals surface area contributed by atoms with Crippen LogP contribution in [0.2, 0.25) is 10.0 Å². The van der Waals surface area contributed by atoms with Gasteiger partial charge in [-0.25, -0.2) is 0 Å². The van der Waals surface area contributed by atoms with Crippen molar-refractivity contribution in [2.75, 3.05) is 5.32 Å². The molecule has 1 N–H and O–H groups in total. The smallest absolute Gasteiger partial charge is 0.0598 e. The van der Waals surface area contributed by atoms with Gasteiger partial charge in [0.25, 0.3) is 0 Å².